The summed E-state index contributed by atoms with van der Waals surface area (Å²) < 4.78 is 0. The van der Waals surface area contributed by atoms with Gasteiger partial charge >= 0.3 is 0 Å². The summed E-state index contributed by atoms with van der Waals surface area (Å²) in [5, 5.41) is 10.4. The normalized spacial score (nSPS) is 10.3. The first-order chi connectivity index (χ1) is 9.34. The largest absolute Gasteiger partial charge is 0.293 e. The quantitative estimate of drug-likeness (QED) is 0.404. The third-order valence-electron chi connectivity index (χ3n) is 3.24. The number of rotatable bonds is 11. The predicted octanol–water partition coefficient (Wildman–Crippen LogP) is 5.36. The number of Topliss-reactive ketones (excluding diaryl/α,β-unsaturated/α-hetero) is 1. The van der Waals surface area contributed by atoms with Crippen LogP contribution in [0.15, 0.2) is 17.5 Å². The molecule has 0 atom stereocenters. The summed E-state index contributed by atoms with van der Waals surface area (Å²) in [6, 6.07) is 6.02. The van der Waals surface area contributed by atoms with E-state index in [1.165, 1.54) is 43.4 Å². The minimum absolute atomic E-state index is 0.298. The van der Waals surface area contributed by atoms with Crippen molar-refractivity contribution < 1.29 is 4.79 Å². The van der Waals surface area contributed by atoms with Crippen molar-refractivity contribution in [1.29, 1.82) is 5.26 Å². The zero-order valence-corrected chi connectivity index (χ0v) is 12.4. The molecular weight excluding hydrogens is 254 g/mol. The summed E-state index contributed by atoms with van der Waals surface area (Å²) in [4.78, 5) is 12.6. The number of ketones is 1. The number of hydrogen-bond acceptors (Lipinski definition) is 3. The first kappa shape index (κ1) is 15.9. The summed E-state index contributed by atoms with van der Waals surface area (Å²) in [7, 11) is 0. The van der Waals surface area contributed by atoms with Crippen LogP contribution in [0.4, 0.5) is 0 Å². The van der Waals surface area contributed by atoms with Gasteiger partial charge in [0.15, 0.2) is 5.78 Å². The van der Waals surface area contributed by atoms with Crippen LogP contribution >= 0.6 is 11.3 Å². The van der Waals surface area contributed by atoms with Gasteiger partial charge in [0, 0.05) is 12.8 Å². The minimum Gasteiger partial charge on any atom is -0.293 e. The Morgan fingerprint density at radius 1 is 1.05 bits per heavy atom. The van der Waals surface area contributed by atoms with Gasteiger partial charge in [-0.1, -0.05) is 44.6 Å². The number of hydrogen-bond donors (Lipinski definition) is 0. The molecular formula is C16H23NOS. The van der Waals surface area contributed by atoms with Crippen LogP contribution in [0.2, 0.25) is 0 Å². The second-order valence-electron chi connectivity index (χ2n) is 4.89. The zero-order chi connectivity index (χ0) is 13.8. The second kappa shape index (κ2) is 10.8. The Hall–Kier alpha value is -1.14. The highest BCUT2D eigenvalue weighted by atomic mass is 32.1. The third kappa shape index (κ3) is 7.79. The number of carbonyl (C=O) groups excluding carboxylic acids is 1. The van der Waals surface area contributed by atoms with E-state index in [0.29, 0.717) is 18.6 Å². The summed E-state index contributed by atoms with van der Waals surface area (Å²) in [5.41, 5.74) is 0. The summed E-state index contributed by atoms with van der Waals surface area (Å²) in [6.45, 7) is 0. The van der Waals surface area contributed by atoms with Crippen molar-refractivity contribution in [2.45, 2.75) is 64.2 Å². The molecule has 0 amide bonds. The van der Waals surface area contributed by atoms with E-state index >= 15 is 0 Å². The predicted molar refractivity (Wildman–Crippen MR) is 80.4 cm³/mol. The second-order valence-corrected chi connectivity index (χ2v) is 5.83. The number of carbonyl (C=O) groups is 1. The lowest BCUT2D eigenvalue weighted by Crippen LogP contribution is -1.95. The van der Waals surface area contributed by atoms with E-state index in [2.05, 4.69) is 6.07 Å². The molecule has 0 aliphatic rings. The summed E-state index contributed by atoms with van der Waals surface area (Å²) in [5.74, 6) is 0.298. The maximum absolute atomic E-state index is 11.7. The monoisotopic (exact) mass is 277 g/mol. The maximum atomic E-state index is 11.7. The van der Waals surface area contributed by atoms with Gasteiger partial charge in [-0.05, 0) is 24.3 Å². The van der Waals surface area contributed by atoms with Crippen LogP contribution in [0, 0.1) is 11.3 Å². The van der Waals surface area contributed by atoms with Crippen molar-refractivity contribution in [2.24, 2.45) is 0 Å². The van der Waals surface area contributed by atoms with Gasteiger partial charge in [0.05, 0.1) is 10.9 Å². The van der Waals surface area contributed by atoms with Crippen LogP contribution in [0.3, 0.4) is 0 Å². The first-order valence-corrected chi connectivity index (χ1v) is 8.16. The van der Waals surface area contributed by atoms with Crippen LogP contribution < -0.4 is 0 Å². The van der Waals surface area contributed by atoms with Crippen molar-refractivity contribution in [3.05, 3.63) is 22.4 Å². The molecule has 0 saturated carbocycles. The van der Waals surface area contributed by atoms with E-state index in [4.69, 9.17) is 5.26 Å². The Kier molecular flexibility index (Phi) is 9.01. The molecule has 1 aromatic rings. The van der Waals surface area contributed by atoms with Crippen LogP contribution in [0.5, 0.6) is 0 Å². The first-order valence-electron chi connectivity index (χ1n) is 7.28. The molecule has 19 heavy (non-hydrogen) atoms. The van der Waals surface area contributed by atoms with E-state index < -0.39 is 0 Å². The fourth-order valence-corrected chi connectivity index (χ4v) is 2.81. The molecule has 0 bridgehead atoms. The lowest BCUT2D eigenvalue weighted by molar-refractivity contribution is 0.0983. The number of unbranched alkanes of at least 4 members (excludes halogenated alkanes) is 8. The van der Waals surface area contributed by atoms with Crippen molar-refractivity contribution in [3.63, 3.8) is 0 Å². The van der Waals surface area contributed by atoms with E-state index in [9.17, 15) is 4.79 Å². The van der Waals surface area contributed by atoms with Gasteiger partial charge in [-0.25, -0.2) is 0 Å². The topological polar surface area (TPSA) is 40.9 Å². The molecule has 104 valence electrons. The molecule has 0 radical (unpaired) electrons. The fraction of sp³-hybridized carbons (Fsp3) is 0.625. The molecule has 0 aliphatic carbocycles. The molecule has 3 heteroatoms. The molecule has 0 saturated heterocycles. The van der Waals surface area contributed by atoms with Crippen molar-refractivity contribution >= 4 is 17.1 Å². The Bertz CT molecular complexity index is 378. The average Bonchev–Trinajstić information content (AvgIpc) is 2.95. The molecule has 0 spiro atoms. The lowest BCUT2D eigenvalue weighted by Gasteiger charge is -2.01. The number of thiophene rings is 1. The number of nitrogens with zero attached hydrogens (tertiary/aromatic N) is 1. The van der Waals surface area contributed by atoms with Gasteiger partial charge in [0.1, 0.15) is 0 Å². The SMILES string of the molecule is N#CCCCCCCCCCCC(=O)c1cccs1. The van der Waals surface area contributed by atoms with Gasteiger partial charge in [0.2, 0.25) is 0 Å². The van der Waals surface area contributed by atoms with Crippen LogP contribution in [0.25, 0.3) is 0 Å². The van der Waals surface area contributed by atoms with Crippen LogP contribution in [-0.2, 0) is 0 Å². The van der Waals surface area contributed by atoms with Gasteiger partial charge in [0.25, 0.3) is 0 Å². The highest BCUT2D eigenvalue weighted by Gasteiger charge is 2.05. The Morgan fingerprint density at radius 2 is 1.68 bits per heavy atom. The maximum Gasteiger partial charge on any atom is 0.172 e. The smallest absolute Gasteiger partial charge is 0.172 e. The summed E-state index contributed by atoms with van der Waals surface area (Å²) >= 11 is 1.54. The molecule has 0 unspecified atom stereocenters. The van der Waals surface area contributed by atoms with Crippen LogP contribution in [-0.4, -0.2) is 5.78 Å². The van der Waals surface area contributed by atoms with Gasteiger partial charge in [-0.15, -0.1) is 11.3 Å². The van der Waals surface area contributed by atoms with E-state index in [-0.39, 0.29) is 0 Å². The van der Waals surface area contributed by atoms with Gasteiger partial charge in [-0.2, -0.15) is 5.26 Å². The fourth-order valence-electron chi connectivity index (χ4n) is 2.11. The molecule has 1 aromatic heterocycles. The molecule has 0 N–H and O–H groups in total. The standard InChI is InChI=1S/C16H23NOS/c17-13-9-7-5-3-1-2-4-6-8-11-15(18)16-12-10-14-19-16/h10,12,14H,1-9,11H2. The Morgan fingerprint density at radius 3 is 2.26 bits per heavy atom. The minimum atomic E-state index is 0.298. The van der Waals surface area contributed by atoms with Crippen molar-refractivity contribution in [3.8, 4) is 6.07 Å². The average molecular weight is 277 g/mol. The molecule has 0 aliphatic heterocycles. The highest BCUT2D eigenvalue weighted by Crippen LogP contribution is 2.15. The molecule has 1 heterocycles. The molecule has 2 nitrogen and oxygen atoms in total. The van der Waals surface area contributed by atoms with Crippen molar-refractivity contribution in [1.82, 2.24) is 0 Å². The third-order valence-corrected chi connectivity index (χ3v) is 4.15. The Balaban J connectivity index is 1.86. The van der Waals surface area contributed by atoms with E-state index in [1.54, 1.807) is 0 Å². The number of nitriles is 1. The summed E-state index contributed by atoms with van der Waals surface area (Å²) in [6.07, 6.45) is 10.8. The molecule has 0 fully saturated rings. The highest BCUT2D eigenvalue weighted by molar-refractivity contribution is 7.12. The zero-order valence-electron chi connectivity index (χ0n) is 11.6. The Labute approximate surface area is 120 Å². The lowest BCUT2D eigenvalue weighted by atomic mass is 10.1. The molecule has 0 aromatic carbocycles. The van der Waals surface area contributed by atoms with Crippen LogP contribution in [0.1, 0.15) is 73.9 Å². The van der Waals surface area contributed by atoms with Gasteiger partial charge < -0.3 is 0 Å². The van der Waals surface area contributed by atoms with Gasteiger partial charge in [-0.3, -0.25) is 4.79 Å². The van der Waals surface area contributed by atoms with E-state index in [1.807, 2.05) is 17.5 Å². The van der Waals surface area contributed by atoms with Crippen molar-refractivity contribution in [2.75, 3.05) is 0 Å². The van der Waals surface area contributed by atoms with E-state index in [0.717, 1.165) is 24.1 Å². The molecule has 1 rings (SSSR count).